The summed E-state index contributed by atoms with van der Waals surface area (Å²) >= 11 is 0. The van der Waals surface area contributed by atoms with Crippen molar-refractivity contribution in [2.75, 3.05) is 64.7 Å². The van der Waals surface area contributed by atoms with Crippen LogP contribution < -0.4 is 29.6 Å². The molecule has 3 aliphatic heterocycles. The van der Waals surface area contributed by atoms with Crippen LogP contribution in [0.4, 0.5) is 5.69 Å². The second-order valence-corrected chi connectivity index (χ2v) is 7.69. The molecule has 174 valence electrons. The van der Waals surface area contributed by atoms with E-state index in [0.29, 0.717) is 54.3 Å². The summed E-state index contributed by atoms with van der Waals surface area (Å²) in [6, 6.07) is 10.6. The number of carbonyl (C=O) groups is 1. The van der Waals surface area contributed by atoms with Gasteiger partial charge in [-0.3, -0.25) is 20.0 Å². The molecule has 10 nitrogen and oxygen atoms in total. The Morgan fingerprint density at radius 1 is 0.879 bits per heavy atom. The highest BCUT2D eigenvalue weighted by molar-refractivity contribution is 6.10. The Bertz CT molecular complexity index is 1040. The lowest BCUT2D eigenvalue weighted by atomic mass is 10.2. The summed E-state index contributed by atoms with van der Waals surface area (Å²) in [5, 5.41) is 6.08. The highest BCUT2D eigenvalue weighted by Crippen LogP contribution is 2.33. The number of fused-ring (bicyclic) bond motifs is 2. The zero-order valence-corrected chi connectivity index (χ0v) is 18.2. The monoisotopic (exact) mass is 454 g/mol. The topological polar surface area (TPSA) is 103 Å². The zero-order chi connectivity index (χ0) is 22.5. The molecule has 2 N–H and O–H groups in total. The maximum absolute atomic E-state index is 12.9. The van der Waals surface area contributed by atoms with E-state index in [4.69, 9.17) is 23.7 Å². The average Bonchev–Trinajstić information content (AvgIpc) is 3.32. The Hall–Kier alpha value is -3.50. The van der Waals surface area contributed by atoms with E-state index in [-0.39, 0.29) is 12.7 Å². The van der Waals surface area contributed by atoms with Gasteiger partial charge >= 0.3 is 0 Å². The molecular formula is C23H26N4O6. The Morgan fingerprint density at radius 3 is 2.48 bits per heavy atom. The number of nitrogens with one attached hydrogen (secondary N) is 2. The third-order valence-electron chi connectivity index (χ3n) is 5.46. The lowest BCUT2D eigenvalue weighted by Gasteiger charge is -2.25. The van der Waals surface area contributed by atoms with E-state index >= 15 is 0 Å². The fourth-order valence-corrected chi connectivity index (χ4v) is 3.71. The Balaban J connectivity index is 1.30. The largest absolute Gasteiger partial charge is 0.486 e. The van der Waals surface area contributed by atoms with Crippen molar-refractivity contribution in [1.29, 1.82) is 0 Å². The van der Waals surface area contributed by atoms with Crippen LogP contribution >= 0.6 is 0 Å². The highest BCUT2D eigenvalue weighted by Gasteiger charge is 2.18. The number of anilines is 1. The molecule has 1 amide bonds. The predicted octanol–water partition coefficient (Wildman–Crippen LogP) is 1.72. The minimum absolute atomic E-state index is 0.153. The van der Waals surface area contributed by atoms with Gasteiger partial charge in [-0.05, 0) is 30.3 Å². The summed E-state index contributed by atoms with van der Waals surface area (Å²) in [5.41, 5.74) is 1.18. The number of morpholine rings is 1. The number of benzene rings is 2. The van der Waals surface area contributed by atoms with Gasteiger partial charge in [-0.15, -0.1) is 0 Å². The van der Waals surface area contributed by atoms with Gasteiger partial charge in [-0.25, -0.2) is 0 Å². The first-order chi connectivity index (χ1) is 16.2. The van der Waals surface area contributed by atoms with Crippen LogP contribution in [0.25, 0.3) is 0 Å². The molecule has 3 aliphatic rings. The summed E-state index contributed by atoms with van der Waals surface area (Å²) in [5.74, 6) is 2.57. The third-order valence-corrected chi connectivity index (χ3v) is 5.46. The van der Waals surface area contributed by atoms with E-state index in [9.17, 15) is 4.79 Å². The van der Waals surface area contributed by atoms with Crippen LogP contribution in [0.2, 0.25) is 0 Å². The molecule has 0 radical (unpaired) electrons. The summed E-state index contributed by atoms with van der Waals surface area (Å²) < 4.78 is 27.4. The molecule has 5 rings (SSSR count). The molecule has 2 aromatic carbocycles. The van der Waals surface area contributed by atoms with E-state index in [0.717, 1.165) is 38.5 Å². The van der Waals surface area contributed by atoms with Crippen LogP contribution in [0.3, 0.4) is 0 Å². The number of hydrogen-bond donors (Lipinski definition) is 2. The van der Waals surface area contributed by atoms with E-state index in [1.165, 1.54) is 0 Å². The molecular weight excluding hydrogens is 428 g/mol. The van der Waals surface area contributed by atoms with Gasteiger partial charge in [-0.1, -0.05) is 0 Å². The second-order valence-electron chi connectivity index (χ2n) is 7.69. The number of amides is 1. The maximum Gasteiger partial charge on any atom is 0.258 e. The Kier molecular flexibility index (Phi) is 6.45. The van der Waals surface area contributed by atoms with Crippen LogP contribution in [-0.4, -0.2) is 76.2 Å². The van der Waals surface area contributed by atoms with E-state index in [1.54, 1.807) is 18.2 Å². The van der Waals surface area contributed by atoms with Crippen LogP contribution in [-0.2, 0) is 4.74 Å². The van der Waals surface area contributed by atoms with Crippen molar-refractivity contribution in [1.82, 2.24) is 10.2 Å². The van der Waals surface area contributed by atoms with Crippen molar-refractivity contribution in [3.05, 3.63) is 42.0 Å². The van der Waals surface area contributed by atoms with Gasteiger partial charge in [0, 0.05) is 37.0 Å². The van der Waals surface area contributed by atoms with Crippen LogP contribution in [0, 0.1) is 0 Å². The number of rotatable bonds is 5. The third kappa shape index (κ3) is 5.29. The predicted molar refractivity (Wildman–Crippen MR) is 121 cm³/mol. The number of carbonyl (C=O) groups excluding carboxylic acids is 1. The van der Waals surface area contributed by atoms with Gasteiger partial charge in [0.2, 0.25) is 12.8 Å². The first-order valence-electron chi connectivity index (χ1n) is 11.0. The molecule has 0 aromatic heterocycles. The van der Waals surface area contributed by atoms with Crippen LogP contribution in [0.15, 0.2) is 41.4 Å². The number of ether oxygens (including phenoxy) is 5. The first kappa shape index (κ1) is 21.4. The maximum atomic E-state index is 12.9. The summed E-state index contributed by atoms with van der Waals surface area (Å²) in [4.78, 5) is 19.9. The minimum atomic E-state index is -0.302. The number of nitrogens with zero attached hydrogens (tertiary/aromatic N) is 2. The number of guanidine groups is 1. The normalized spacial score (nSPS) is 17.5. The van der Waals surface area contributed by atoms with Crippen molar-refractivity contribution < 1.29 is 28.5 Å². The van der Waals surface area contributed by atoms with Crippen molar-refractivity contribution in [3.8, 4) is 23.0 Å². The summed E-state index contributed by atoms with van der Waals surface area (Å²) in [7, 11) is 0. The Morgan fingerprint density at radius 2 is 1.61 bits per heavy atom. The quantitative estimate of drug-likeness (QED) is 0.520. The Labute approximate surface area is 191 Å². The molecule has 1 saturated heterocycles. The molecule has 0 aliphatic carbocycles. The molecule has 33 heavy (non-hydrogen) atoms. The molecule has 0 saturated carbocycles. The fraction of sp³-hybridized carbons (Fsp3) is 0.391. The molecule has 1 fully saturated rings. The molecule has 0 spiro atoms. The van der Waals surface area contributed by atoms with Gasteiger partial charge in [-0.2, -0.15) is 0 Å². The van der Waals surface area contributed by atoms with Gasteiger partial charge < -0.3 is 29.0 Å². The number of aliphatic imine (C=N–C) groups is 1. The minimum Gasteiger partial charge on any atom is -0.486 e. The van der Waals surface area contributed by atoms with Gasteiger partial charge in [0.1, 0.15) is 13.2 Å². The molecule has 10 heteroatoms. The SMILES string of the molecule is O=C(NC(=NCCN1CCOCC1)Nc1ccc2c(c1)OCCO2)c1ccc2c(c1)OCO2. The first-order valence-corrected chi connectivity index (χ1v) is 11.0. The lowest BCUT2D eigenvalue weighted by Crippen LogP contribution is -2.39. The number of hydrogen-bond acceptors (Lipinski definition) is 8. The van der Waals surface area contributed by atoms with Crippen LogP contribution in [0.1, 0.15) is 10.4 Å². The van der Waals surface area contributed by atoms with Crippen molar-refractivity contribution in [2.24, 2.45) is 4.99 Å². The summed E-state index contributed by atoms with van der Waals surface area (Å²) in [6.07, 6.45) is 0. The van der Waals surface area contributed by atoms with Crippen molar-refractivity contribution in [2.45, 2.75) is 0 Å². The second kappa shape index (κ2) is 9.97. The van der Waals surface area contributed by atoms with Crippen LogP contribution in [0.5, 0.6) is 23.0 Å². The summed E-state index contributed by atoms with van der Waals surface area (Å²) in [6.45, 7) is 5.69. The molecule has 0 atom stereocenters. The standard InChI is InChI=1S/C23H26N4O6/c28-22(16-1-3-19-20(13-16)33-15-32-19)26-23(24-5-6-27-7-9-29-10-8-27)25-17-2-4-18-21(14-17)31-12-11-30-18/h1-4,13-14H,5-12,15H2,(H2,24,25,26,28). The van der Waals surface area contributed by atoms with E-state index in [2.05, 4.69) is 20.5 Å². The van der Waals surface area contributed by atoms with Crippen molar-refractivity contribution in [3.63, 3.8) is 0 Å². The molecule has 0 bridgehead atoms. The zero-order valence-electron chi connectivity index (χ0n) is 18.2. The molecule has 3 heterocycles. The van der Waals surface area contributed by atoms with Gasteiger partial charge in [0.05, 0.1) is 19.8 Å². The smallest absolute Gasteiger partial charge is 0.258 e. The van der Waals surface area contributed by atoms with E-state index < -0.39 is 0 Å². The highest BCUT2D eigenvalue weighted by atomic mass is 16.7. The van der Waals surface area contributed by atoms with E-state index in [1.807, 2.05) is 18.2 Å². The fourth-order valence-electron chi connectivity index (χ4n) is 3.71. The van der Waals surface area contributed by atoms with Gasteiger partial charge in [0.25, 0.3) is 5.91 Å². The average molecular weight is 454 g/mol. The van der Waals surface area contributed by atoms with Crippen molar-refractivity contribution >= 4 is 17.6 Å². The molecule has 0 unspecified atom stereocenters. The van der Waals surface area contributed by atoms with Gasteiger partial charge in [0.15, 0.2) is 23.0 Å². The molecule has 2 aromatic rings. The lowest BCUT2D eigenvalue weighted by molar-refractivity contribution is 0.0394.